The first kappa shape index (κ1) is 56.8. The van der Waals surface area contributed by atoms with Crippen LogP contribution < -0.4 is 20.3 Å². The van der Waals surface area contributed by atoms with Crippen molar-refractivity contribution in [3.05, 3.63) is 131 Å². The van der Waals surface area contributed by atoms with Gasteiger partial charge >= 0.3 is 12.1 Å². The molecule has 21 heteroatoms. The first-order valence-corrected chi connectivity index (χ1v) is 29.0. The van der Waals surface area contributed by atoms with Crippen molar-refractivity contribution in [3.8, 4) is 16.9 Å². The van der Waals surface area contributed by atoms with Crippen molar-refractivity contribution in [1.82, 2.24) is 34.9 Å². The Balaban J connectivity index is 0.674. The summed E-state index contributed by atoms with van der Waals surface area (Å²) in [6, 6.07) is 25.4. The Kier molecular flexibility index (Phi) is 16.0. The van der Waals surface area contributed by atoms with E-state index in [-0.39, 0.29) is 85.3 Å². The van der Waals surface area contributed by atoms with E-state index < -0.39 is 23.9 Å². The van der Waals surface area contributed by atoms with Crippen LogP contribution in [0.5, 0.6) is 5.75 Å². The zero-order valence-electron chi connectivity index (χ0n) is 47.2. The molecule has 4 aliphatic carbocycles. The summed E-state index contributed by atoms with van der Waals surface area (Å²) in [4.78, 5) is 89.7. The molecule has 5 amide bonds. The molecule has 3 N–H and O–H groups in total. The third kappa shape index (κ3) is 12.4. The number of aromatic nitrogens is 4. The minimum atomic E-state index is -1.14. The number of imide groups is 1. The van der Waals surface area contributed by atoms with Crippen molar-refractivity contribution >= 4 is 68.2 Å². The number of likely N-dealkylation sites (N-methyl/N-ethyl adjacent to an activating group) is 1. The highest BCUT2D eigenvalue weighted by atomic mass is 32.1. The average molecular weight is 1150 g/mol. The Bertz CT molecular complexity index is 3470. The van der Waals surface area contributed by atoms with Crippen molar-refractivity contribution in [2.75, 3.05) is 69.9 Å². The van der Waals surface area contributed by atoms with Crippen molar-refractivity contribution < 1.29 is 52.8 Å². The van der Waals surface area contributed by atoms with Crippen LogP contribution in [0.25, 0.3) is 21.3 Å². The summed E-state index contributed by atoms with van der Waals surface area (Å²) < 4.78 is 27.3. The molecule has 4 bridgehead atoms. The van der Waals surface area contributed by atoms with Crippen LogP contribution in [0.2, 0.25) is 0 Å². The lowest BCUT2D eigenvalue weighted by molar-refractivity contribution is -0.248. The highest BCUT2D eigenvalue weighted by Crippen LogP contribution is 2.72. The number of para-hydroxylation sites is 1. The molecule has 6 aliphatic rings. The number of nitrogens with zero attached hydrogens (tertiary/aromatic N) is 7. The summed E-state index contributed by atoms with van der Waals surface area (Å²) in [5.41, 5.74) is 5.54. The molecular weight excluding hydrogens is 1080 g/mol. The normalized spacial score (nSPS) is 22.3. The number of pyridine rings is 1. The Labute approximate surface area is 485 Å². The van der Waals surface area contributed by atoms with E-state index in [1.165, 1.54) is 28.4 Å². The quantitative estimate of drug-likeness (QED) is 0.0403. The predicted molar refractivity (Wildman–Crippen MR) is 309 cm³/mol. The molecule has 2 aliphatic heterocycles. The largest absolute Gasteiger partial charge is 0.491 e. The number of carbonyl (C=O) groups is 6. The first-order chi connectivity index (χ1) is 39.9. The minimum Gasteiger partial charge on any atom is -0.491 e. The van der Waals surface area contributed by atoms with Gasteiger partial charge in [0.25, 0.3) is 17.7 Å². The van der Waals surface area contributed by atoms with Crippen LogP contribution in [-0.4, -0.2) is 136 Å². The fourth-order valence-electron chi connectivity index (χ4n) is 14.4. The van der Waals surface area contributed by atoms with Gasteiger partial charge in [-0.2, -0.15) is 5.10 Å². The van der Waals surface area contributed by atoms with Gasteiger partial charge in [0.2, 0.25) is 5.91 Å². The number of thiazole rings is 1. The van der Waals surface area contributed by atoms with Crippen LogP contribution in [0, 0.1) is 29.2 Å². The molecule has 12 rings (SSSR count). The number of hydrogen-bond donors (Lipinski definition) is 3. The van der Waals surface area contributed by atoms with E-state index in [9.17, 15) is 33.9 Å². The number of benzene rings is 3. The number of anilines is 2. The van der Waals surface area contributed by atoms with E-state index in [0.717, 1.165) is 70.5 Å². The number of rotatable bonds is 23. The summed E-state index contributed by atoms with van der Waals surface area (Å²) in [6.45, 7) is 9.99. The molecule has 20 nitrogen and oxygen atoms in total. The summed E-state index contributed by atoms with van der Waals surface area (Å²) in [5.74, 6) is -1.52. The number of ether oxygens (including phenoxy) is 4. The topological polar surface area (TPSA) is 237 Å². The second-order valence-electron chi connectivity index (χ2n) is 23.7. The summed E-state index contributed by atoms with van der Waals surface area (Å²) in [5, 5.41) is 21.9. The van der Waals surface area contributed by atoms with Crippen molar-refractivity contribution in [3.63, 3.8) is 0 Å². The van der Waals surface area contributed by atoms with Gasteiger partial charge in [-0.1, -0.05) is 61.6 Å². The molecule has 2 unspecified atom stereocenters. The maximum Gasteiger partial charge on any atom is 0.409 e. The van der Waals surface area contributed by atoms with Gasteiger partial charge in [0.1, 0.15) is 24.8 Å². The molecule has 1 radical (unpaired) electrons. The molecule has 3 aromatic heterocycles. The van der Waals surface area contributed by atoms with Gasteiger partial charge in [-0.05, 0) is 122 Å². The summed E-state index contributed by atoms with van der Waals surface area (Å²) in [6.07, 6.45) is 10.1. The third-order valence-electron chi connectivity index (χ3n) is 16.9. The van der Waals surface area contributed by atoms with Gasteiger partial charge in [-0.25, -0.2) is 19.6 Å². The van der Waals surface area contributed by atoms with E-state index >= 15 is 0 Å². The molecule has 0 saturated heterocycles. The van der Waals surface area contributed by atoms with Gasteiger partial charge in [-0.15, -0.1) is 0 Å². The van der Waals surface area contributed by atoms with E-state index in [1.54, 1.807) is 31.4 Å². The number of fused-ring (bicyclic) bond motifs is 2. The third-order valence-corrected chi connectivity index (χ3v) is 17.8. The van der Waals surface area contributed by atoms with Crippen LogP contribution >= 0.6 is 11.3 Å². The Morgan fingerprint density at radius 3 is 2.46 bits per heavy atom. The first-order valence-electron chi connectivity index (χ1n) is 28.2. The number of carbonyl (C=O) groups excluding carboxylic acids is 5. The number of nitrogens with one attached hydrogen (secondary N) is 2. The average Bonchev–Trinajstić information content (AvgIpc) is 1.42. The monoisotopic (exact) mass is 1150 g/mol. The van der Waals surface area contributed by atoms with Gasteiger partial charge in [0.15, 0.2) is 10.8 Å². The Morgan fingerprint density at radius 2 is 1.67 bits per heavy atom. The maximum atomic E-state index is 13.8. The van der Waals surface area contributed by atoms with Crippen molar-refractivity contribution in [2.24, 2.45) is 16.2 Å². The molecule has 2 atom stereocenters. The zero-order valence-corrected chi connectivity index (χ0v) is 48.0. The SMILES string of the molecule is Cc1c(-c2ccc(N3CCc4cccc(C(=O)Nc5nc6ccccc6s5)c4C3)nc2C(=O)O)cnn1CC12CC3(C)CC(C)(C1)CC(OCCN(C)C(=O)OCc1cc[c]cc1OCCOCCNC(=O)CCN1C(=O)C=CC1=O)(C3)C2. The highest BCUT2D eigenvalue weighted by Gasteiger charge is 2.66. The van der Waals surface area contributed by atoms with Crippen LogP contribution in [0.15, 0.2) is 91.1 Å². The van der Waals surface area contributed by atoms with Crippen LogP contribution in [0.4, 0.5) is 15.7 Å². The summed E-state index contributed by atoms with van der Waals surface area (Å²) in [7, 11) is 1.70. The van der Waals surface area contributed by atoms with Crippen LogP contribution in [0.1, 0.15) is 102 Å². The fraction of sp³-hybridized carbons (Fsp3) is 0.435. The number of amides is 5. The van der Waals surface area contributed by atoms with Crippen LogP contribution in [-0.2, 0) is 54.7 Å². The lowest BCUT2D eigenvalue weighted by atomic mass is 9.39. The lowest BCUT2D eigenvalue weighted by Gasteiger charge is -2.69. The van der Waals surface area contributed by atoms with Crippen LogP contribution in [0.3, 0.4) is 0 Å². The van der Waals surface area contributed by atoms with Gasteiger partial charge in [0, 0.05) is 92.8 Å². The Morgan fingerprint density at radius 1 is 0.880 bits per heavy atom. The molecular formula is C62H68N9O11S. The highest BCUT2D eigenvalue weighted by molar-refractivity contribution is 7.22. The Hall–Kier alpha value is -8.01. The molecule has 5 heterocycles. The molecule has 433 valence electrons. The number of carboxylic acid groups (broad SMARTS) is 1. The number of carboxylic acids is 1. The predicted octanol–water partition coefficient (Wildman–Crippen LogP) is 8.41. The standard InChI is InChI=1S/C62H68N9O11S/c1-40-45(43-16-17-50(66-54(43)56(76)77)69-23-20-41-11-9-12-44(46(41)31-69)55(75)67-57-65-47-13-6-8-15-49(47)83-57)30-64-71(40)39-61-34-59(2)33-60(3,35-61)37-62(36-59,38-61)82-27-25-68(4)58(78)81-32-42-10-5-7-14-48(42)80-29-28-79-26-22-63-51(72)21-24-70-52(73)18-19-53(70)74/h5-6,8-19,30H,20-29,31-39H2,1-4H3,(H,63,72)(H,76,77)(H,65,67,75). The van der Waals surface area contributed by atoms with E-state index in [0.29, 0.717) is 78.2 Å². The van der Waals surface area contributed by atoms with E-state index in [4.69, 9.17) is 29.0 Å². The summed E-state index contributed by atoms with van der Waals surface area (Å²) >= 11 is 1.42. The number of hydrogen-bond acceptors (Lipinski definition) is 15. The molecule has 6 aromatic rings. The van der Waals surface area contributed by atoms with Gasteiger partial charge in [-0.3, -0.25) is 34.1 Å². The smallest absolute Gasteiger partial charge is 0.409 e. The minimum absolute atomic E-state index is 0.000674. The zero-order chi connectivity index (χ0) is 58.1. The molecule has 4 saturated carbocycles. The molecule has 3 aromatic carbocycles. The second kappa shape index (κ2) is 23.3. The van der Waals surface area contributed by atoms with Gasteiger partial charge < -0.3 is 39.2 Å². The lowest BCUT2D eigenvalue weighted by Crippen LogP contribution is -2.64. The molecule has 4 fully saturated rings. The van der Waals surface area contributed by atoms with Crippen molar-refractivity contribution in [1.29, 1.82) is 0 Å². The number of aromatic carboxylic acids is 1. The van der Waals surface area contributed by atoms with Crippen molar-refractivity contribution in [2.45, 2.75) is 97.4 Å². The second-order valence-corrected chi connectivity index (χ2v) is 24.7. The van der Waals surface area contributed by atoms with E-state index in [2.05, 4.69) is 35.5 Å². The maximum absolute atomic E-state index is 13.8. The van der Waals surface area contributed by atoms with E-state index in [1.807, 2.05) is 71.1 Å². The molecule has 83 heavy (non-hydrogen) atoms. The molecule has 0 spiro atoms. The van der Waals surface area contributed by atoms with Gasteiger partial charge in [0.05, 0.1) is 41.8 Å². The fourth-order valence-corrected chi connectivity index (χ4v) is 15.3.